The summed E-state index contributed by atoms with van der Waals surface area (Å²) in [5.74, 6) is 0. The van der Waals surface area contributed by atoms with Crippen molar-refractivity contribution in [1.82, 2.24) is 4.57 Å². The Morgan fingerprint density at radius 3 is 1.27 bits per heavy atom. The van der Waals surface area contributed by atoms with Gasteiger partial charge in [0.2, 0.25) is 0 Å². The van der Waals surface area contributed by atoms with E-state index in [2.05, 4.69) is 251 Å². The van der Waals surface area contributed by atoms with Crippen LogP contribution < -0.4 is 9.80 Å². The zero-order valence-corrected chi connectivity index (χ0v) is 32.4. The highest BCUT2D eigenvalue weighted by molar-refractivity contribution is 6.10. The molecular formula is C56H39N3. The predicted molar refractivity (Wildman–Crippen MR) is 251 cm³/mol. The van der Waals surface area contributed by atoms with Crippen molar-refractivity contribution in [1.29, 1.82) is 0 Å². The Balaban J connectivity index is 0.975. The minimum atomic E-state index is 1.11. The molecule has 0 aliphatic carbocycles. The molecule has 0 aliphatic rings. The molecule has 11 rings (SSSR count). The molecule has 3 nitrogen and oxygen atoms in total. The van der Waals surface area contributed by atoms with Crippen LogP contribution in [0.5, 0.6) is 0 Å². The second kappa shape index (κ2) is 14.6. The lowest BCUT2D eigenvalue weighted by Crippen LogP contribution is -2.10. The molecular weight excluding hydrogens is 715 g/mol. The summed E-state index contributed by atoms with van der Waals surface area (Å²) >= 11 is 0. The smallest absolute Gasteiger partial charge is 0.0541 e. The van der Waals surface area contributed by atoms with Gasteiger partial charge in [-0.1, -0.05) is 146 Å². The number of para-hydroxylation sites is 3. The predicted octanol–water partition coefficient (Wildman–Crippen LogP) is 15.7. The Hall–Kier alpha value is -7.88. The van der Waals surface area contributed by atoms with E-state index in [4.69, 9.17) is 0 Å². The largest absolute Gasteiger partial charge is 0.310 e. The van der Waals surface area contributed by atoms with Crippen LogP contribution in [0.4, 0.5) is 34.1 Å². The van der Waals surface area contributed by atoms with Gasteiger partial charge < -0.3 is 14.4 Å². The maximum Gasteiger partial charge on any atom is 0.0541 e. The Kier molecular flexibility index (Phi) is 8.49. The summed E-state index contributed by atoms with van der Waals surface area (Å²) < 4.78 is 2.40. The summed E-state index contributed by atoms with van der Waals surface area (Å²) in [6, 6.07) is 85.2. The highest BCUT2D eigenvalue weighted by Crippen LogP contribution is 2.42. The molecule has 0 saturated heterocycles. The van der Waals surface area contributed by atoms with E-state index in [0.717, 1.165) is 39.8 Å². The number of aromatic nitrogens is 1. The lowest BCUT2D eigenvalue weighted by Gasteiger charge is -2.27. The van der Waals surface area contributed by atoms with Gasteiger partial charge in [0, 0.05) is 50.0 Å². The molecule has 10 aromatic carbocycles. The highest BCUT2D eigenvalue weighted by Gasteiger charge is 2.19. The number of hydrogen-bond acceptors (Lipinski definition) is 2. The van der Waals surface area contributed by atoms with Crippen LogP contribution in [0.25, 0.3) is 60.2 Å². The third-order valence-electron chi connectivity index (χ3n) is 11.5. The van der Waals surface area contributed by atoms with Crippen molar-refractivity contribution >= 4 is 77.5 Å². The fourth-order valence-corrected chi connectivity index (χ4v) is 8.80. The summed E-state index contributed by atoms with van der Waals surface area (Å²) in [6.07, 6.45) is 0. The second-order valence-electron chi connectivity index (χ2n) is 15.0. The highest BCUT2D eigenvalue weighted by atomic mass is 15.1. The van der Waals surface area contributed by atoms with Gasteiger partial charge in [0.05, 0.1) is 22.4 Å². The Morgan fingerprint density at radius 2 is 0.695 bits per heavy atom. The van der Waals surface area contributed by atoms with E-state index < -0.39 is 0 Å². The third kappa shape index (κ3) is 6.08. The molecule has 0 bridgehead atoms. The monoisotopic (exact) mass is 753 g/mol. The molecule has 278 valence electrons. The molecule has 0 unspecified atom stereocenters. The Labute approximate surface area is 343 Å². The fourth-order valence-electron chi connectivity index (χ4n) is 8.80. The van der Waals surface area contributed by atoms with Crippen molar-refractivity contribution in [2.75, 3.05) is 9.80 Å². The van der Waals surface area contributed by atoms with Crippen molar-refractivity contribution in [2.24, 2.45) is 0 Å². The normalized spacial score (nSPS) is 11.4. The van der Waals surface area contributed by atoms with E-state index in [0.29, 0.717) is 0 Å². The van der Waals surface area contributed by atoms with Crippen LogP contribution in [0.15, 0.2) is 237 Å². The summed E-state index contributed by atoms with van der Waals surface area (Å²) in [4.78, 5) is 4.71. The number of fused-ring (bicyclic) bond motifs is 5. The van der Waals surface area contributed by atoms with Crippen LogP contribution in [0, 0.1) is 0 Å². The van der Waals surface area contributed by atoms with Crippen molar-refractivity contribution < 1.29 is 0 Å². The second-order valence-corrected chi connectivity index (χ2v) is 15.0. The molecule has 0 atom stereocenters. The molecule has 59 heavy (non-hydrogen) atoms. The van der Waals surface area contributed by atoms with Gasteiger partial charge in [-0.3, -0.25) is 0 Å². The van der Waals surface area contributed by atoms with Crippen molar-refractivity contribution in [3.63, 3.8) is 0 Å². The van der Waals surface area contributed by atoms with E-state index in [-0.39, 0.29) is 0 Å². The zero-order valence-electron chi connectivity index (χ0n) is 32.4. The van der Waals surface area contributed by atoms with E-state index in [1.807, 2.05) is 0 Å². The van der Waals surface area contributed by atoms with E-state index in [1.54, 1.807) is 0 Å². The molecule has 0 saturated carbocycles. The molecule has 1 aromatic heterocycles. The van der Waals surface area contributed by atoms with Crippen LogP contribution in [0.3, 0.4) is 0 Å². The van der Waals surface area contributed by atoms with Crippen LogP contribution in [-0.2, 0) is 0 Å². The zero-order chi connectivity index (χ0) is 39.1. The summed E-state index contributed by atoms with van der Waals surface area (Å²) in [5.41, 5.74) is 12.6. The average Bonchev–Trinajstić information content (AvgIpc) is 3.64. The van der Waals surface area contributed by atoms with Crippen molar-refractivity contribution in [3.05, 3.63) is 237 Å². The summed E-state index contributed by atoms with van der Waals surface area (Å²) in [7, 11) is 0. The first kappa shape index (κ1) is 34.4. The van der Waals surface area contributed by atoms with Crippen molar-refractivity contribution in [3.8, 4) is 16.8 Å². The maximum absolute atomic E-state index is 2.40. The Morgan fingerprint density at radius 1 is 0.271 bits per heavy atom. The van der Waals surface area contributed by atoms with Gasteiger partial charge in [0.15, 0.2) is 0 Å². The van der Waals surface area contributed by atoms with Crippen LogP contribution in [0.2, 0.25) is 0 Å². The van der Waals surface area contributed by atoms with Gasteiger partial charge in [0.1, 0.15) is 0 Å². The Bertz CT molecular complexity index is 3250. The number of rotatable bonds is 8. The number of benzene rings is 10. The van der Waals surface area contributed by atoms with Gasteiger partial charge in [-0.15, -0.1) is 0 Å². The topological polar surface area (TPSA) is 11.4 Å². The number of anilines is 6. The molecule has 1 heterocycles. The maximum atomic E-state index is 2.40. The molecule has 0 spiro atoms. The molecule has 11 aromatic rings. The molecule has 0 N–H and O–H groups in total. The summed E-state index contributed by atoms with van der Waals surface area (Å²) in [5, 5.41) is 7.35. The van der Waals surface area contributed by atoms with Gasteiger partial charge in [-0.05, 0) is 113 Å². The van der Waals surface area contributed by atoms with E-state index >= 15 is 0 Å². The minimum absolute atomic E-state index is 1.11. The lowest BCUT2D eigenvalue weighted by molar-refractivity contribution is 1.17. The minimum Gasteiger partial charge on any atom is -0.310 e. The molecule has 0 fully saturated rings. The average molecular weight is 754 g/mol. The fraction of sp³-hybridized carbons (Fsp3) is 0. The van der Waals surface area contributed by atoms with Gasteiger partial charge in [-0.2, -0.15) is 0 Å². The van der Waals surface area contributed by atoms with Crippen LogP contribution in [-0.4, -0.2) is 4.57 Å². The number of hydrogen-bond donors (Lipinski definition) is 0. The molecule has 0 aliphatic heterocycles. The van der Waals surface area contributed by atoms with E-state index in [9.17, 15) is 0 Å². The summed E-state index contributed by atoms with van der Waals surface area (Å²) in [6.45, 7) is 0. The first-order chi connectivity index (χ1) is 29.3. The van der Waals surface area contributed by atoms with E-state index in [1.165, 1.54) is 54.5 Å². The molecule has 0 radical (unpaired) electrons. The molecule has 0 amide bonds. The lowest BCUT2D eigenvalue weighted by atomic mass is 10.0. The standard InChI is InChI=1S/C56H39N3/c1-3-19-44(20-4-1)57(53-27-13-17-41-15-7-9-23-49(41)53)46-32-29-40(30-33-46)43-31-38-56-52(39-43)51-25-11-12-26-55(51)59(56)48-36-34-47(35-37-48)58(45-21-5-2-6-22-45)54-28-14-18-42-16-8-10-24-50(42)54/h1-39H. The van der Waals surface area contributed by atoms with Crippen LogP contribution in [0.1, 0.15) is 0 Å². The first-order valence-electron chi connectivity index (χ1n) is 20.2. The third-order valence-corrected chi connectivity index (χ3v) is 11.5. The van der Waals surface area contributed by atoms with Gasteiger partial charge in [0.25, 0.3) is 0 Å². The van der Waals surface area contributed by atoms with Crippen LogP contribution >= 0.6 is 0 Å². The number of nitrogens with zero attached hydrogens (tertiary/aromatic N) is 3. The molecule has 3 heteroatoms. The van der Waals surface area contributed by atoms with Gasteiger partial charge >= 0.3 is 0 Å². The van der Waals surface area contributed by atoms with Gasteiger partial charge in [-0.25, -0.2) is 0 Å². The first-order valence-corrected chi connectivity index (χ1v) is 20.2. The quantitative estimate of drug-likeness (QED) is 0.153. The van der Waals surface area contributed by atoms with Crippen molar-refractivity contribution in [2.45, 2.75) is 0 Å². The SMILES string of the molecule is c1ccc(N(c2ccc(-c3ccc4c(c3)c3ccccc3n4-c3ccc(N(c4ccccc4)c4cccc5ccccc45)cc3)cc2)c2cccc3ccccc23)cc1.